The van der Waals surface area contributed by atoms with E-state index >= 15 is 0 Å². The van der Waals surface area contributed by atoms with Crippen LogP contribution in [0.15, 0.2) is 45.6 Å². The van der Waals surface area contributed by atoms with E-state index in [2.05, 4.69) is 50.1 Å². The molecule has 0 bridgehead atoms. The molecule has 4 unspecified atom stereocenters. The number of hydrogen-bond donors (Lipinski definition) is 2. The van der Waals surface area contributed by atoms with Crippen LogP contribution in [0.3, 0.4) is 0 Å². The summed E-state index contributed by atoms with van der Waals surface area (Å²) in [7, 11) is 0. The number of hydrogen-bond acceptors (Lipinski definition) is 5. The van der Waals surface area contributed by atoms with E-state index in [4.69, 9.17) is 14.7 Å². The third-order valence-corrected chi connectivity index (χ3v) is 7.75. The number of fused-ring (bicyclic) bond motifs is 1. The van der Waals surface area contributed by atoms with Crippen LogP contribution in [0.5, 0.6) is 0 Å². The van der Waals surface area contributed by atoms with Crippen molar-refractivity contribution in [1.82, 2.24) is 10.6 Å². The fourth-order valence-corrected chi connectivity index (χ4v) is 5.82. The quantitative estimate of drug-likeness (QED) is 0.614. The first-order valence-corrected chi connectivity index (χ1v) is 12.8. The van der Waals surface area contributed by atoms with Gasteiger partial charge in [-0.2, -0.15) is 0 Å². The Balaban J connectivity index is 1.65. The Kier molecular flexibility index (Phi) is 7.80. The highest BCUT2D eigenvalue weighted by Gasteiger charge is 2.41. The van der Waals surface area contributed by atoms with Crippen LogP contribution in [0.2, 0.25) is 0 Å². The summed E-state index contributed by atoms with van der Waals surface area (Å²) in [5.74, 6) is 0. The average Bonchev–Trinajstić information content (AvgIpc) is 3.10. The first kappa shape index (κ1) is 23.6. The lowest BCUT2D eigenvalue weighted by Gasteiger charge is -2.42. The van der Waals surface area contributed by atoms with Gasteiger partial charge in [0.25, 0.3) is 0 Å². The zero-order valence-electron chi connectivity index (χ0n) is 20.4. The lowest BCUT2D eigenvalue weighted by Crippen LogP contribution is -2.58. The number of piperidine rings is 1. The second-order valence-electron chi connectivity index (χ2n) is 9.94. The van der Waals surface area contributed by atoms with E-state index in [1.165, 1.54) is 34.7 Å². The van der Waals surface area contributed by atoms with Crippen LogP contribution in [0.1, 0.15) is 78.6 Å². The number of morpholine rings is 1. The van der Waals surface area contributed by atoms with Gasteiger partial charge in [-0.05, 0) is 69.1 Å². The van der Waals surface area contributed by atoms with Crippen molar-refractivity contribution in [2.45, 2.75) is 102 Å². The summed E-state index contributed by atoms with van der Waals surface area (Å²) in [4.78, 5) is 10.5. The number of rotatable bonds is 4. The van der Waals surface area contributed by atoms with Gasteiger partial charge in [-0.25, -0.2) is 0 Å². The van der Waals surface area contributed by atoms with E-state index in [0.717, 1.165) is 71.1 Å². The molecule has 3 aliphatic heterocycles. The molecular weight excluding hydrogens is 396 g/mol. The second-order valence-corrected chi connectivity index (χ2v) is 9.94. The Labute approximate surface area is 194 Å². The molecule has 0 aromatic carbocycles. The van der Waals surface area contributed by atoms with Gasteiger partial charge in [0.1, 0.15) is 0 Å². The Morgan fingerprint density at radius 2 is 2.16 bits per heavy atom. The predicted molar refractivity (Wildman–Crippen MR) is 135 cm³/mol. The molecule has 0 amide bonds. The molecule has 4 rings (SSSR count). The van der Waals surface area contributed by atoms with Crippen molar-refractivity contribution in [2.24, 2.45) is 9.98 Å². The van der Waals surface area contributed by atoms with Gasteiger partial charge in [0.2, 0.25) is 0 Å². The third-order valence-electron chi connectivity index (χ3n) is 7.75. The van der Waals surface area contributed by atoms with Gasteiger partial charge in [-0.15, -0.1) is 6.58 Å². The molecule has 5 heteroatoms. The van der Waals surface area contributed by atoms with Gasteiger partial charge in [0.05, 0.1) is 30.0 Å². The summed E-state index contributed by atoms with van der Waals surface area (Å²) in [5, 5.41) is 7.36. The highest BCUT2D eigenvalue weighted by atomic mass is 16.5. The molecule has 1 saturated carbocycles. The fourth-order valence-electron chi connectivity index (χ4n) is 5.82. The Bertz CT molecular complexity index is 824. The van der Waals surface area contributed by atoms with Gasteiger partial charge < -0.3 is 15.4 Å². The number of allylic oxidation sites excluding steroid dienone is 1. The minimum absolute atomic E-state index is 0.170. The van der Waals surface area contributed by atoms with Crippen LogP contribution in [-0.4, -0.2) is 54.8 Å². The molecule has 1 aliphatic carbocycles. The molecule has 32 heavy (non-hydrogen) atoms. The van der Waals surface area contributed by atoms with E-state index in [1.807, 2.05) is 0 Å². The lowest BCUT2D eigenvalue weighted by atomic mass is 9.84. The molecule has 2 N–H and O–H groups in total. The monoisotopic (exact) mass is 438 g/mol. The molecule has 0 radical (unpaired) electrons. The maximum absolute atomic E-state index is 6.17. The largest absolute Gasteiger partial charge is 0.375 e. The third kappa shape index (κ3) is 5.16. The summed E-state index contributed by atoms with van der Waals surface area (Å²) in [6, 6.07) is 0.810. The summed E-state index contributed by atoms with van der Waals surface area (Å²) in [5.41, 5.74) is 6.45. The molecule has 0 aromatic rings. The summed E-state index contributed by atoms with van der Waals surface area (Å²) < 4.78 is 6.17. The normalized spacial score (nSPS) is 37.7. The number of nitrogens with zero attached hydrogens (tertiary/aromatic N) is 2. The fraction of sp³-hybridized carbons (Fsp3) is 0.704. The maximum atomic E-state index is 6.17. The summed E-state index contributed by atoms with van der Waals surface area (Å²) >= 11 is 0. The van der Waals surface area contributed by atoms with E-state index < -0.39 is 0 Å². The maximum Gasteiger partial charge on any atom is 0.0796 e. The minimum atomic E-state index is -0.170. The number of nitrogens with one attached hydrogen (secondary N) is 2. The van der Waals surface area contributed by atoms with Gasteiger partial charge in [0.15, 0.2) is 0 Å². The van der Waals surface area contributed by atoms with E-state index in [9.17, 15) is 0 Å². The standard InChI is InChI=1S/C27H42N4O/c1-5-20-16-25(21-9-8-10-26-27(7-3,18-21)29-13-14-32-26)30-19(4)15-24(20)31-23-11-12-28-22(6-2)17-23/h7,16,22,24,26,28-29H,3,5-6,8-15,17-18H2,1-2,4H3/b25-21+,31-23?. The molecule has 3 fully saturated rings. The molecule has 0 spiro atoms. The zero-order valence-corrected chi connectivity index (χ0v) is 20.4. The van der Waals surface area contributed by atoms with Crippen LogP contribution in [0.25, 0.3) is 0 Å². The van der Waals surface area contributed by atoms with Crippen LogP contribution in [-0.2, 0) is 4.74 Å². The average molecular weight is 439 g/mol. The molecule has 2 saturated heterocycles. The van der Waals surface area contributed by atoms with Crippen molar-refractivity contribution in [1.29, 1.82) is 0 Å². The molecule has 5 nitrogen and oxygen atoms in total. The van der Waals surface area contributed by atoms with E-state index in [0.29, 0.717) is 6.04 Å². The molecule has 3 heterocycles. The van der Waals surface area contributed by atoms with Crippen molar-refractivity contribution >= 4 is 11.4 Å². The number of aliphatic imine (C=N–C) groups is 2. The lowest BCUT2D eigenvalue weighted by molar-refractivity contribution is -0.0334. The van der Waals surface area contributed by atoms with Crippen molar-refractivity contribution in [3.8, 4) is 0 Å². The molecule has 4 atom stereocenters. The van der Waals surface area contributed by atoms with Crippen molar-refractivity contribution in [3.05, 3.63) is 35.6 Å². The molecule has 4 aliphatic rings. The van der Waals surface area contributed by atoms with Crippen molar-refractivity contribution in [2.75, 3.05) is 19.7 Å². The minimum Gasteiger partial charge on any atom is -0.375 e. The predicted octanol–water partition coefficient (Wildman–Crippen LogP) is 4.90. The van der Waals surface area contributed by atoms with Crippen molar-refractivity contribution < 1.29 is 4.74 Å². The SMILES string of the molecule is C=CC12C/C(=C3\C=C(CC)C(N=C4CCNC(CC)C4)CC(C)=N3)CCCC1OCCN2. The molecule has 0 aromatic heterocycles. The van der Waals surface area contributed by atoms with Gasteiger partial charge in [-0.3, -0.25) is 9.98 Å². The van der Waals surface area contributed by atoms with Crippen LogP contribution in [0.4, 0.5) is 0 Å². The van der Waals surface area contributed by atoms with E-state index in [1.54, 1.807) is 0 Å². The van der Waals surface area contributed by atoms with Crippen LogP contribution >= 0.6 is 0 Å². The van der Waals surface area contributed by atoms with Gasteiger partial charge >= 0.3 is 0 Å². The zero-order chi connectivity index (χ0) is 22.6. The second kappa shape index (κ2) is 10.6. The first-order valence-electron chi connectivity index (χ1n) is 12.8. The number of ether oxygens (including phenoxy) is 1. The molecular formula is C27H42N4O. The van der Waals surface area contributed by atoms with E-state index in [-0.39, 0.29) is 17.7 Å². The topological polar surface area (TPSA) is 58.0 Å². The summed E-state index contributed by atoms with van der Waals surface area (Å²) in [6.07, 6.45) is 14.2. The highest BCUT2D eigenvalue weighted by Crippen LogP contribution is 2.38. The Morgan fingerprint density at radius 3 is 2.94 bits per heavy atom. The van der Waals surface area contributed by atoms with Gasteiger partial charge in [-0.1, -0.05) is 19.9 Å². The summed E-state index contributed by atoms with van der Waals surface area (Å²) in [6.45, 7) is 13.6. The Hall–Kier alpha value is -1.56. The Morgan fingerprint density at radius 1 is 1.28 bits per heavy atom. The first-order chi connectivity index (χ1) is 15.6. The van der Waals surface area contributed by atoms with Crippen LogP contribution in [0, 0.1) is 0 Å². The smallest absolute Gasteiger partial charge is 0.0796 e. The van der Waals surface area contributed by atoms with Gasteiger partial charge in [0, 0.05) is 43.4 Å². The van der Waals surface area contributed by atoms with Crippen molar-refractivity contribution in [3.63, 3.8) is 0 Å². The van der Waals surface area contributed by atoms with Crippen LogP contribution < -0.4 is 10.6 Å². The molecule has 176 valence electrons. The highest BCUT2D eigenvalue weighted by molar-refractivity contribution is 5.88.